The molecule has 0 bridgehead atoms. The van der Waals surface area contributed by atoms with Crippen LogP contribution in [0.3, 0.4) is 0 Å². The molecule has 0 unspecified atom stereocenters. The molecule has 51 heavy (non-hydrogen) atoms. The molecule has 6 amide bonds. The van der Waals surface area contributed by atoms with Crippen molar-refractivity contribution >= 4 is 47.2 Å². The highest BCUT2D eigenvalue weighted by Crippen LogP contribution is 2.35. The first-order valence-corrected chi connectivity index (χ1v) is 17.3. The van der Waals surface area contributed by atoms with Crippen molar-refractivity contribution in [3.8, 4) is 11.8 Å². The van der Waals surface area contributed by atoms with E-state index in [1.165, 1.54) is 16.7 Å². The van der Waals surface area contributed by atoms with Crippen LogP contribution in [0.2, 0.25) is 0 Å². The van der Waals surface area contributed by atoms with Gasteiger partial charge in [-0.2, -0.15) is 9.97 Å². The van der Waals surface area contributed by atoms with Gasteiger partial charge >= 0.3 is 0 Å². The van der Waals surface area contributed by atoms with Gasteiger partial charge in [-0.3, -0.25) is 43.5 Å². The number of benzene rings is 3. The molecule has 0 spiro atoms. The van der Waals surface area contributed by atoms with Gasteiger partial charge in [-0.1, -0.05) is 62.0 Å². The molecule has 0 aliphatic carbocycles. The average molecular weight is 706 g/mol. The van der Waals surface area contributed by atoms with E-state index in [4.69, 9.17) is 9.47 Å². The average Bonchev–Trinajstić information content (AvgIpc) is 3.63. The maximum absolute atomic E-state index is 12.9. The highest BCUT2D eigenvalue weighted by molar-refractivity contribution is 7.99. The molecule has 3 aromatic carbocycles. The normalized spacial score (nSPS) is 14.9. The fourth-order valence-corrected chi connectivity index (χ4v) is 6.96. The van der Waals surface area contributed by atoms with E-state index in [2.05, 4.69) is 9.97 Å². The van der Waals surface area contributed by atoms with Crippen molar-refractivity contribution < 1.29 is 38.2 Å². The Balaban J connectivity index is 1.09. The van der Waals surface area contributed by atoms with Crippen LogP contribution in [0.25, 0.3) is 0 Å². The van der Waals surface area contributed by atoms with Gasteiger partial charge in [0.05, 0.1) is 52.0 Å². The maximum atomic E-state index is 12.9. The summed E-state index contributed by atoms with van der Waals surface area (Å²) in [7, 11) is 0. The lowest BCUT2D eigenvalue weighted by molar-refractivity contribution is 0.0618. The zero-order chi connectivity index (χ0) is 35.8. The molecule has 14 heteroatoms. The van der Waals surface area contributed by atoms with E-state index in [-0.39, 0.29) is 73.2 Å². The summed E-state index contributed by atoms with van der Waals surface area (Å²) in [6.07, 6.45) is 0. The Morgan fingerprint density at radius 1 is 0.529 bits per heavy atom. The molecule has 0 saturated heterocycles. The Morgan fingerprint density at radius 3 is 1.16 bits per heavy atom. The summed E-state index contributed by atoms with van der Waals surface area (Å²) < 4.78 is 12.2. The summed E-state index contributed by atoms with van der Waals surface area (Å²) in [6.45, 7) is 3.66. The van der Waals surface area contributed by atoms with E-state index in [1.807, 2.05) is 13.8 Å². The Morgan fingerprint density at radius 2 is 0.843 bits per heavy atom. The number of fused-ring (bicyclic) bond motifs is 3. The highest BCUT2D eigenvalue weighted by Gasteiger charge is 2.37. The van der Waals surface area contributed by atoms with Gasteiger partial charge < -0.3 is 9.47 Å². The molecule has 0 atom stereocenters. The van der Waals surface area contributed by atoms with E-state index < -0.39 is 23.6 Å². The molecule has 0 N–H and O–H groups in total. The number of imide groups is 3. The van der Waals surface area contributed by atoms with Crippen LogP contribution < -0.4 is 9.47 Å². The minimum Gasteiger partial charge on any atom is -0.475 e. The number of rotatable bonds is 13. The quantitative estimate of drug-likeness (QED) is 0.111. The van der Waals surface area contributed by atoms with Crippen LogP contribution in [0.1, 0.15) is 87.5 Å². The Bertz CT molecular complexity index is 1930. The third kappa shape index (κ3) is 6.11. The molecule has 3 aliphatic rings. The predicted molar refractivity (Wildman–Crippen MR) is 183 cm³/mol. The number of ether oxygens (including phenoxy) is 2. The van der Waals surface area contributed by atoms with Crippen LogP contribution in [0.15, 0.2) is 78.0 Å². The summed E-state index contributed by atoms with van der Waals surface area (Å²) in [5.74, 6) is -2.02. The summed E-state index contributed by atoms with van der Waals surface area (Å²) in [4.78, 5) is 90.1. The fourth-order valence-electron chi connectivity index (χ4n) is 6.21. The zero-order valence-corrected chi connectivity index (χ0v) is 28.5. The predicted octanol–water partition coefficient (Wildman–Crippen LogP) is 4.34. The van der Waals surface area contributed by atoms with Crippen LogP contribution in [0, 0.1) is 0 Å². The van der Waals surface area contributed by atoms with Gasteiger partial charge in [0, 0.05) is 12.3 Å². The zero-order valence-electron chi connectivity index (χ0n) is 27.7. The summed E-state index contributed by atoms with van der Waals surface area (Å²) >= 11 is 1.18. The number of hydrogen-bond acceptors (Lipinski definition) is 11. The number of carbonyl (C=O) groups excluding carboxylic acids is 6. The van der Waals surface area contributed by atoms with E-state index in [1.54, 1.807) is 72.8 Å². The molecule has 3 aliphatic heterocycles. The molecule has 13 nitrogen and oxygen atoms in total. The molecule has 0 saturated carbocycles. The fraction of sp³-hybridized carbons (Fsp3) is 0.243. The highest BCUT2D eigenvalue weighted by atomic mass is 32.2. The molecule has 0 radical (unpaired) electrons. The van der Waals surface area contributed by atoms with Crippen LogP contribution in [-0.2, 0) is 0 Å². The number of nitrogens with zero attached hydrogens (tertiary/aromatic N) is 5. The van der Waals surface area contributed by atoms with Crippen molar-refractivity contribution in [1.82, 2.24) is 24.7 Å². The second-order valence-corrected chi connectivity index (χ2v) is 13.2. The van der Waals surface area contributed by atoms with Crippen LogP contribution in [0.5, 0.6) is 11.8 Å². The molecule has 4 aromatic rings. The van der Waals surface area contributed by atoms with E-state index >= 15 is 0 Å². The third-order valence-corrected chi connectivity index (χ3v) is 9.55. The number of carbonyl (C=O) groups is 6. The molecule has 4 heterocycles. The van der Waals surface area contributed by atoms with Gasteiger partial charge in [-0.25, -0.2) is 0 Å². The van der Waals surface area contributed by atoms with E-state index in [9.17, 15) is 28.8 Å². The first-order chi connectivity index (χ1) is 24.7. The molecule has 0 fully saturated rings. The van der Waals surface area contributed by atoms with Gasteiger partial charge in [-0.15, -0.1) is 0 Å². The van der Waals surface area contributed by atoms with Crippen LogP contribution in [0.4, 0.5) is 0 Å². The maximum Gasteiger partial charge on any atom is 0.261 e. The molecule has 1 aromatic heterocycles. The molecular formula is C37H31N5O8S. The Labute approximate surface area is 296 Å². The molecular weight excluding hydrogens is 675 g/mol. The first kappa shape index (κ1) is 33.6. The van der Waals surface area contributed by atoms with Crippen LogP contribution in [-0.4, -0.2) is 98.7 Å². The van der Waals surface area contributed by atoms with Crippen molar-refractivity contribution in [2.24, 2.45) is 0 Å². The topological polar surface area (TPSA) is 156 Å². The van der Waals surface area contributed by atoms with Crippen molar-refractivity contribution in [2.75, 3.05) is 38.6 Å². The summed E-state index contributed by atoms with van der Waals surface area (Å²) in [5, 5.41) is 0.225. The van der Waals surface area contributed by atoms with Gasteiger partial charge in [0.1, 0.15) is 13.2 Å². The summed E-state index contributed by atoms with van der Waals surface area (Å²) in [5.41, 5.74) is 2.54. The second kappa shape index (κ2) is 13.8. The smallest absolute Gasteiger partial charge is 0.261 e. The van der Waals surface area contributed by atoms with Crippen molar-refractivity contribution in [3.05, 3.63) is 112 Å². The minimum absolute atomic E-state index is 0.0357. The number of amides is 6. The summed E-state index contributed by atoms with van der Waals surface area (Å²) in [6, 6.07) is 19.9. The largest absolute Gasteiger partial charge is 0.475 e. The standard InChI is InChI=1S/C37H31N5O8S/c1-21(2)28-29(49-18-15-40-31(43)22-9-3-4-10-23(22)32(40)44)38-37(51-20-17-42-35(47)26-13-7-8-14-27(26)36(42)48)39-30(28)50-19-16-41-33(45)24-11-5-6-12-25(24)34(41)46/h3-14,21H,15-20H2,1-2H3. The monoisotopic (exact) mass is 705 g/mol. The lowest BCUT2D eigenvalue weighted by atomic mass is 10.1. The molecule has 258 valence electrons. The van der Waals surface area contributed by atoms with Crippen molar-refractivity contribution in [1.29, 1.82) is 0 Å². The van der Waals surface area contributed by atoms with E-state index in [0.717, 1.165) is 9.80 Å². The van der Waals surface area contributed by atoms with Gasteiger partial charge in [0.15, 0.2) is 5.16 Å². The first-order valence-electron chi connectivity index (χ1n) is 16.3. The number of aromatic nitrogens is 2. The van der Waals surface area contributed by atoms with Gasteiger partial charge in [0.2, 0.25) is 11.8 Å². The van der Waals surface area contributed by atoms with Crippen molar-refractivity contribution in [3.63, 3.8) is 0 Å². The molecule has 7 rings (SSSR count). The third-order valence-electron chi connectivity index (χ3n) is 8.72. The SMILES string of the molecule is CC(C)c1c(OCCN2C(=O)c3ccccc3C2=O)nc(SCCN2C(=O)c3ccccc3C2=O)nc1OCCN1C(=O)c2ccccc2C1=O. The van der Waals surface area contributed by atoms with E-state index in [0.29, 0.717) is 38.9 Å². The number of thioether (sulfide) groups is 1. The van der Waals surface area contributed by atoms with Crippen LogP contribution >= 0.6 is 11.8 Å². The second-order valence-electron chi connectivity index (χ2n) is 12.2. The lowest BCUT2D eigenvalue weighted by Crippen LogP contribution is -2.34. The minimum atomic E-state index is -0.410. The lowest BCUT2D eigenvalue weighted by Gasteiger charge is -2.20. The Kier molecular flexibility index (Phi) is 9.08. The Hall–Kier alpha value is -5.89. The number of hydrogen-bond donors (Lipinski definition) is 0. The van der Waals surface area contributed by atoms with Gasteiger partial charge in [0.25, 0.3) is 35.4 Å². The van der Waals surface area contributed by atoms with Gasteiger partial charge in [-0.05, 0) is 42.3 Å². The van der Waals surface area contributed by atoms with Crippen molar-refractivity contribution in [2.45, 2.75) is 24.9 Å².